The molecular formula is C14H17BrFNO3. The first-order valence-corrected chi connectivity index (χ1v) is 7.25. The fraction of sp³-hybridized carbons (Fsp3) is 0.500. The Bertz CT molecular complexity index is 497. The summed E-state index contributed by atoms with van der Waals surface area (Å²) in [6.07, 6.45) is 0.0135. The Kier molecular flexibility index (Phi) is 4.99. The van der Waals surface area contributed by atoms with Crippen LogP contribution in [0.1, 0.15) is 13.8 Å². The Morgan fingerprint density at radius 3 is 3.00 bits per heavy atom. The Labute approximate surface area is 126 Å². The molecule has 1 aliphatic heterocycles. The van der Waals surface area contributed by atoms with Crippen LogP contribution in [0.4, 0.5) is 4.39 Å². The van der Waals surface area contributed by atoms with Crippen molar-refractivity contribution >= 4 is 21.8 Å². The average Bonchev–Trinajstić information content (AvgIpc) is 2.40. The first-order valence-electron chi connectivity index (χ1n) is 6.46. The Morgan fingerprint density at radius 2 is 2.30 bits per heavy atom. The van der Waals surface area contributed by atoms with Gasteiger partial charge in [-0.05, 0) is 32.0 Å². The second-order valence-corrected chi connectivity index (χ2v) is 5.82. The summed E-state index contributed by atoms with van der Waals surface area (Å²) in [6.45, 7) is 4.72. The highest BCUT2D eigenvalue weighted by Gasteiger charge is 2.27. The molecule has 0 saturated carbocycles. The fourth-order valence-corrected chi connectivity index (χ4v) is 2.40. The number of halogens is 2. The van der Waals surface area contributed by atoms with Crippen LogP contribution in [-0.2, 0) is 9.53 Å². The third-order valence-corrected chi connectivity index (χ3v) is 3.67. The molecule has 4 nitrogen and oxygen atoms in total. The molecule has 1 aromatic rings. The van der Waals surface area contributed by atoms with Gasteiger partial charge in [0.25, 0.3) is 5.91 Å². The molecule has 1 aliphatic rings. The van der Waals surface area contributed by atoms with E-state index in [1.54, 1.807) is 11.0 Å². The maximum atomic E-state index is 13.6. The molecule has 0 bridgehead atoms. The number of carbonyl (C=O) groups is 1. The smallest absolute Gasteiger partial charge is 0.260 e. The number of ether oxygens (including phenoxy) is 2. The fourth-order valence-electron chi connectivity index (χ4n) is 2.07. The zero-order valence-corrected chi connectivity index (χ0v) is 13.0. The van der Waals surface area contributed by atoms with Crippen molar-refractivity contribution in [3.8, 4) is 5.75 Å². The molecule has 110 valence electrons. The summed E-state index contributed by atoms with van der Waals surface area (Å²) in [5.41, 5.74) is 0. The largest absolute Gasteiger partial charge is 0.481 e. The van der Waals surface area contributed by atoms with Crippen LogP contribution in [0.25, 0.3) is 0 Å². The molecule has 1 amide bonds. The summed E-state index contributed by atoms with van der Waals surface area (Å²) >= 11 is 3.17. The van der Waals surface area contributed by atoms with Gasteiger partial charge in [-0.15, -0.1) is 0 Å². The molecule has 1 aromatic carbocycles. The van der Waals surface area contributed by atoms with E-state index in [1.807, 2.05) is 13.8 Å². The van der Waals surface area contributed by atoms with Crippen molar-refractivity contribution in [3.63, 3.8) is 0 Å². The van der Waals surface area contributed by atoms with Gasteiger partial charge in [-0.3, -0.25) is 4.79 Å². The van der Waals surface area contributed by atoms with E-state index in [1.165, 1.54) is 12.1 Å². The minimum absolute atomic E-state index is 0.0112. The molecule has 0 spiro atoms. The minimum Gasteiger partial charge on any atom is -0.481 e. The van der Waals surface area contributed by atoms with Gasteiger partial charge >= 0.3 is 0 Å². The van der Waals surface area contributed by atoms with Crippen molar-refractivity contribution in [2.75, 3.05) is 19.8 Å². The average molecular weight is 346 g/mol. The van der Waals surface area contributed by atoms with Crippen molar-refractivity contribution < 1.29 is 18.7 Å². The predicted molar refractivity (Wildman–Crippen MR) is 76.2 cm³/mol. The van der Waals surface area contributed by atoms with Gasteiger partial charge < -0.3 is 14.4 Å². The van der Waals surface area contributed by atoms with Crippen LogP contribution < -0.4 is 4.74 Å². The van der Waals surface area contributed by atoms with Crippen molar-refractivity contribution in [3.05, 3.63) is 28.5 Å². The van der Waals surface area contributed by atoms with Gasteiger partial charge in [0.15, 0.2) is 18.2 Å². The molecule has 0 radical (unpaired) electrons. The zero-order chi connectivity index (χ0) is 14.7. The Hall–Kier alpha value is -1.14. The van der Waals surface area contributed by atoms with E-state index >= 15 is 0 Å². The molecule has 1 saturated heterocycles. The number of carbonyl (C=O) groups excluding carboxylic acids is 1. The van der Waals surface area contributed by atoms with Crippen LogP contribution in [0.3, 0.4) is 0 Å². The van der Waals surface area contributed by atoms with Crippen molar-refractivity contribution in [2.45, 2.75) is 26.0 Å². The summed E-state index contributed by atoms with van der Waals surface area (Å²) in [4.78, 5) is 13.8. The molecule has 1 fully saturated rings. The number of hydrogen-bond donors (Lipinski definition) is 0. The molecular weight excluding hydrogens is 329 g/mol. The van der Waals surface area contributed by atoms with E-state index in [2.05, 4.69) is 15.9 Å². The molecule has 2 unspecified atom stereocenters. The summed E-state index contributed by atoms with van der Waals surface area (Å²) in [5.74, 6) is -0.568. The quantitative estimate of drug-likeness (QED) is 0.845. The molecule has 6 heteroatoms. The molecule has 2 atom stereocenters. The Balaban J connectivity index is 1.94. The predicted octanol–water partition coefficient (Wildman–Crippen LogP) is 2.60. The van der Waals surface area contributed by atoms with E-state index in [4.69, 9.17) is 9.47 Å². The lowest BCUT2D eigenvalue weighted by atomic mass is 10.2. The van der Waals surface area contributed by atoms with Crippen LogP contribution in [-0.4, -0.2) is 42.7 Å². The molecule has 2 rings (SSSR count). The lowest BCUT2D eigenvalue weighted by Crippen LogP contribution is -2.51. The molecule has 0 N–H and O–H groups in total. The van der Waals surface area contributed by atoms with Crippen LogP contribution in [0.15, 0.2) is 22.7 Å². The summed E-state index contributed by atoms with van der Waals surface area (Å²) in [7, 11) is 0. The highest BCUT2D eigenvalue weighted by atomic mass is 79.9. The van der Waals surface area contributed by atoms with E-state index in [-0.39, 0.29) is 30.4 Å². The second kappa shape index (κ2) is 6.54. The SMILES string of the molecule is CC1CN(C(=O)COc2ccc(Br)cc2F)C(C)CO1. The van der Waals surface area contributed by atoms with Crippen LogP contribution in [0, 0.1) is 5.82 Å². The summed E-state index contributed by atoms with van der Waals surface area (Å²) < 4.78 is 24.9. The van der Waals surface area contributed by atoms with Gasteiger partial charge in [0.05, 0.1) is 18.8 Å². The van der Waals surface area contributed by atoms with Crippen LogP contribution in [0.5, 0.6) is 5.75 Å². The van der Waals surface area contributed by atoms with Crippen LogP contribution in [0.2, 0.25) is 0 Å². The second-order valence-electron chi connectivity index (χ2n) is 4.90. The standard InChI is InChI=1S/C14H17BrFNO3/c1-9-7-19-10(2)6-17(9)14(18)8-20-13-4-3-11(15)5-12(13)16/h3-5,9-10H,6-8H2,1-2H3. The third-order valence-electron chi connectivity index (χ3n) is 3.17. The van der Waals surface area contributed by atoms with Crippen LogP contribution >= 0.6 is 15.9 Å². The molecule has 0 aliphatic carbocycles. The van der Waals surface area contributed by atoms with E-state index in [0.29, 0.717) is 17.6 Å². The molecule has 20 heavy (non-hydrogen) atoms. The van der Waals surface area contributed by atoms with Gasteiger partial charge in [0, 0.05) is 11.0 Å². The summed E-state index contributed by atoms with van der Waals surface area (Å²) in [5, 5.41) is 0. The highest BCUT2D eigenvalue weighted by Crippen LogP contribution is 2.21. The van der Waals surface area contributed by atoms with Crippen molar-refractivity contribution in [1.82, 2.24) is 4.90 Å². The minimum atomic E-state index is -0.490. The molecule has 0 aromatic heterocycles. The van der Waals surface area contributed by atoms with Gasteiger partial charge in [0.1, 0.15) is 0 Å². The maximum Gasteiger partial charge on any atom is 0.260 e. The van der Waals surface area contributed by atoms with E-state index < -0.39 is 5.82 Å². The van der Waals surface area contributed by atoms with Gasteiger partial charge in [-0.25, -0.2) is 4.39 Å². The number of morpholine rings is 1. The third kappa shape index (κ3) is 3.70. The lowest BCUT2D eigenvalue weighted by molar-refractivity contribution is -0.145. The number of benzene rings is 1. The number of hydrogen-bond acceptors (Lipinski definition) is 3. The topological polar surface area (TPSA) is 38.8 Å². The zero-order valence-electron chi connectivity index (χ0n) is 11.4. The van der Waals surface area contributed by atoms with Crippen molar-refractivity contribution in [2.24, 2.45) is 0 Å². The van der Waals surface area contributed by atoms with Gasteiger partial charge in [0.2, 0.25) is 0 Å². The van der Waals surface area contributed by atoms with Gasteiger partial charge in [-0.1, -0.05) is 15.9 Å². The van der Waals surface area contributed by atoms with Gasteiger partial charge in [-0.2, -0.15) is 0 Å². The normalized spacial score (nSPS) is 22.7. The van der Waals surface area contributed by atoms with E-state index in [9.17, 15) is 9.18 Å². The van der Waals surface area contributed by atoms with E-state index in [0.717, 1.165) is 0 Å². The highest BCUT2D eigenvalue weighted by molar-refractivity contribution is 9.10. The van der Waals surface area contributed by atoms with Crippen molar-refractivity contribution in [1.29, 1.82) is 0 Å². The molecule has 1 heterocycles. The Morgan fingerprint density at radius 1 is 1.55 bits per heavy atom. The monoisotopic (exact) mass is 345 g/mol. The number of amides is 1. The number of nitrogens with zero attached hydrogens (tertiary/aromatic N) is 1. The lowest BCUT2D eigenvalue weighted by Gasteiger charge is -2.36. The first kappa shape index (κ1) is 15.3. The maximum absolute atomic E-state index is 13.6. The summed E-state index contributed by atoms with van der Waals surface area (Å²) in [6, 6.07) is 4.48. The first-order chi connectivity index (χ1) is 9.47. The number of rotatable bonds is 3.